The molecule has 2 saturated heterocycles. The Bertz CT molecular complexity index is 567. The Hall–Kier alpha value is -0.910. The smallest absolute Gasteiger partial charge is 0.427 e. The van der Waals surface area contributed by atoms with Crippen LogP contribution in [0, 0.1) is 5.92 Å². The first-order valence-corrected chi connectivity index (χ1v) is 10.6. The van der Waals surface area contributed by atoms with Gasteiger partial charge in [-0.05, 0) is 25.2 Å². The normalized spacial score (nSPS) is 24.8. The Kier molecular flexibility index (Phi) is 7.74. The fraction of sp³-hybridized carbons (Fsp3) is 0.941. The van der Waals surface area contributed by atoms with Crippen LogP contribution in [0.15, 0.2) is 0 Å². The minimum Gasteiger partial charge on any atom is -0.434 e. The van der Waals surface area contributed by atoms with Crippen molar-refractivity contribution >= 4 is 17.1 Å². The fourth-order valence-electron chi connectivity index (χ4n) is 3.47. The number of likely N-dealkylation sites (tertiary alicyclic amines) is 1. The molecular weight excluding hydrogens is 401 g/mol. The Morgan fingerprint density at radius 2 is 2.00 bits per heavy atom. The Balaban J connectivity index is 1.86. The summed E-state index contributed by atoms with van der Waals surface area (Å²) in [5.74, 6) is 0.887. The molecule has 11 heteroatoms. The van der Waals surface area contributed by atoms with E-state index in [0.717, 1.165) is 0 Å². The van der Waals surface area contributed by atoms with Crippen molar-refractivity contribution in [1.82, 2.24) is 9.21 Å². The molecule has 0 radical (unpaired) electrons. The summed E-state index contributed by atoms with van der Waals surface area (Å²) in [6, 6.07) is 0.00193. The number of nitrogens with zero attached hydrogens (tertiary/aromatic N) is 2. The van der Waals surface area contributed by atoms with E-state index in [1.165, 1.54) is 4.90 Å². The van der Waals surface area contributed by atoms with Gasteiger partial charge in [-0.1, -0.05) is 13.8 Å². The summed E-state index contributed by atoms with van der Waals surface area (Å²) in [6.45, 7) is 3.56. The minimum atomic E-state index is -4.81. The number of piperidine rings is 1. The lowest BCUT2D eigenvalue weighted by Crippen LogP contribution is -2.49. The van der Waals surface area contributed by atoms with Crippen LogP contribution in [0.1, 0.15) is 33.1 Å². The number of rotatable bonds is 6. The van der Waals surface area contributed by atoms with Crippen molar-refractivity contribution in [1.29, 1.82) is 0 Å². The number of ether oxygens (including phenoxy) is 2. The molecule has 3 atom stereocenters. The quantitative estimate of drug-likeness (QED) is 0.697. The molecule has 2 aliphatic heterocycles. The van der Waals surface area contributed by atoms with Crippen LogP contribution in [0.5, 0.6) is 0 Å². The van der Waals surface area contributed by atoms with Gasteiger partial charge in [-0.2, -0.15) is 13.2 Å². The molecule has 0 saturated carbocycles. The van der Waals surface area contributed by atoms with Gasteiger partial charge in [0.25, 0.3) is 0 Å². The molecule has 0 aromatic carbocycles. The zero-order valence-electron chi connectivity index (χ0n) is 16.4. The van der Waals surface area contributed by atoms with E-state index < -0.39 is 41.6 Å². The van der Waals surface area contributed by atoms with Gasteiger partial charge in [-0.3, -0.25) is 0 Å². The molecule has 0 bridgehead atoms. The molecule has 0 aromatic heterocycles. The molecule has 0 aromatic rings. The number of amides is 1. The Labute approximate surface area is 165 Å². The third-order valence-corrected chi connectivity index (χ3v) is 7.10. The molecule has 1 N–H and O–H groups in total. The van der Waals surface area contributed by atoms with E-state index >= 15 is 0 Å². The summed E-state index contributed by atoms with van der Waals surface area (Å²) in [6.07, 6.45) is -6.81. The predicted molar refractivity (Wildman–Crippen MR) is 96.9 cm³/mol. The Morgan fingerprint density at radius 3 is 2.50 bits per heavy atom. The number of likely N-dealkylation sites (N-methyl/N-ethyl adjacent to an activating group) is 1. The second-order valence-corrected chi connectivity index (χ2v) is 9.42. The molecule has 1 spiro atoms. The third-order valence-electron chi connectivity index (χ3n) is 5.21. The highest BCUT2D eigenvalue weighted by atomic mass is 32.2. The molecule has 7 nitrogen and oxygen atoms in total. The summed E-state index contributed by atoms with van der Waals surface area (Å²) in [5, 5.41) is 8.79. The molecular formula is C17H29F3N2O5S. The van der Waals surface area contributed by atoms with Gasteiger partial charge < -0.3 is 19.5 Å². The van der Waals surface area contributed by atoms with Crippen LogP contribution in [0.2, 0.25) is 0 Å². The summed E-state index contributed by atoms with van der Waals surface area (Å²) in [5.41, 5.74) is -0.460. The van der Waals surface area contributed by atoms with Crippen molar-refractivity contribution in [2.45, 2.75) is 57.0 Å². The summed E-state index contributed by atoms with van der Waals surface area (Å²) in [7, 11) is 0.712. The SMILES string of the molecule is CC(C)CS(=O)N(C)[C@H]1COC2(CCN(C(=O)O[C@H](CO)C(F)(F)F)CC2)C1. The maximum atomic E-state index is 12.6. The van der Waals surface area contributed by atoms with Crippen LogP contribution < -0.4 is 0 Å². The second-order valence-electron chi connectivity index (χ2n) is 7.86. The molecule has 28 heavy (non-hydrogen) atoms. The number of halogens is 3. The highest BCUT2D eigenvalue weighted by Crippen LogP contribution is 2.38. The molecule has 0 aliphatic carbocycles. The number of hydrogen-bond donors (Lipinski definition) is 1. The fourth-order valence-corrected chi connectivity index (χ4v) is 4.75. The molecule has 2 fully saturated rings. The molecule has 164 valence electrons. The van der Waals surface area contributed by atoms with Crippen LogP contribution >= 0.6 is 0 Å². The lowest BCUT2D eigenvalue weighted by atomic mass is 9.87. The number of hydrogen-bond acceptors (Lipinski definition) is 5. The van der Waals surface area contributed by atoms with E-state index in [9.17, 15) is 22.2 Å². The van der Waals surface area contributed by atoms with Crippen molar-refractivity contribution in [3.05, 3.63) is 0 Å². The topological polar surface area (TPSA) is 79.3 Å². The van der Waals surface area contributed by atoms with Crippen molar-refractivity contribution in [3.63, 3.8) is 0 Å². The predicted octanol–water partition coefficient (Wildman–Crippen LogP) is 1.92. The van der Waals surface area contributed by atoms with Gasteiger partial charge in [0, 0.05) is 31.9 Å². The van der Waals surface area contributed by atoms with Crippen LogP contribution in [0.4, 0.5) is 18.0 Å². The number of carbonyl (C=O) groups is 1. The molecule has 1 unspecified atom stereocenters. The van der Waals surface area contributed by atoms with Crippen LogP contribution in [0.25, 0.3) is 0 Å². The van der Waals surface area contributed by atoms with E-state index in [1.54, 1.807) is 0 Å². The average Bonchev–Trinajstić information content (AvgIpc) is 3.01. The highest BCUT2D eigenvalue weighted by Gasteiger charge is 2.47. The van der Waals surface area contributed by atoms with Gasteiger partial charge >= 0.3 is 12.3 Å². The van der Waals surface area contributed by atoms with E-state index in [-0.39, 0.29) is 19.1 Å². The largest absolute Gasteiger partial charge is 0.434 e. The van der Waals surface area contributed by atoms with E-state index in [0.29, 0.717) is 37.5 Å². The molecule has 2 aliphatic rings. The number of aliphatic hydroxyl groups excluding tert-OH is 1. The van der Waals surface area contributed by atoms with Crippen molar-refractivity contribution < 1.29 is 36.8 Å². The number of aliphatic hydroxyl groups is 1. The minimum absolute atomic E-state index is 0.00193. The zero-order chi connectivity index (χ0) is 21.1. The van der Waals surface area contributed by atoms with Crippen molar-refractivity contribution in [2.24, 2.45) is 5.92 Å². The molecule has 2 heterocycles. The molecule has 1 amide bonds. The lowest BCUT2D eigenvalue weighted by molar-refractivity contribution is -0.215. The lowest BCUT2D eigenvalue weighted by Gasteiger charge is -2.38. The zero-order valence-corrected chi connectivity index (χ0v) is 17.2. The number of alkyl halides is 3. The summed E-state index contributed by atoms with van der Waals surface area (Å²) < 4.78 is 62.5. The van der Waals surface area contributed by atoms with Crippen LogP contribution in [0.3, 0.4) is 0 Å². The summed E-state index contributed by atoms with van der Waals surface area (Å²) in [4.78, 5) is 13.2. The summed E-state index contributed by atoms with van der Waals surface area (Å²) >= 11 is 0. The van der Waals surface area contributed by atoms with Gasteiger partial charge in [0.1, 0.15) is 0 Å². The van der Waals surface area contributed by atoms with Gasteiger partial charge in [-0.15, -0.1) is 0 Å². The monoisotopic (exact) mass is 430 g/mol. The van der Waals surface area contributed by atoms with Crippen molar-refractivity contribution in [3.8, 4) is 0 Å². The standard InChI is InChI=1S/C17H29F3N2O5S/c1-12(2)11-28(25)21(3)13-8-16(26-10-13)4-6-22(7-5-16)15(24)27-14(9-23)17(18,19)20/h12-14,23H,4-11H2,1-3H3/t13-,14-,28?/m1/s1. The first kappa shape index (κ1) is 23.4. The first-order valence-electron chi connectivity index (χ1n) is 9.36. The maximum absolute atomic E-state index is 12.6. The Morgan fingerprint density at radius 1 is 1.39 bits per heavy atom. The highest BCUT2D eigenvalue weighted by molar-refractivity contribution is 7.82. The third kappa shape index (κ3) is 5.80. The average molecular weight is 430 g/mol. The van der Waals surface area contributed by atoms with Gasteiger partial charge in [0.15, 0.2) is 0 Å². The first-order chi connectivity index (χ1) is 13.0. The van der Waals surface area contributed by atoms with E-state index in [2.05, 4.69) is 4.74 Å². The van der Waals surface area contributed by atoms with Crippen molar-refractivity contribution in [2.75, 3.05) is 39.1 Å². The number of carbonyl (C=O) groups excluding carboxylic acids is 1. The van der Waals surface area contributed by atoms with Gasteiger partial charge in [0.05, 0.1) is 29.8 Å². The van der Waals surface area contributed by atoms with E-state index in [4.69, 9.17) is 9.84 Å². The second kappa shape index (κ2) is 9.27. The molecule has 2 rings (SSSR count). The van der Waals surface area contributed by atoms with Gasteiger partial charge in [0.2, 0.25) is 6.10 Å². The van der Waals surface area contributed by atoms with E-state index in [1.807, 2.05) is 25.2 Å². The van der Waals surface area contributed by atoms with Crippen LogP contribution in [-0.2, 0) is 20.5 Å². The maximum Gasteiger partial charge on any atom is 0.427 e. The van der Waals surface area contributed by atoms with Gasteiger partial charge in [-0.25, -0.2) is 13.3 Å². The van der Waals surface area contributed by atoms with Crippen LogP contribution in [-0.4, -0.2) is 87.6 Å².